The molecule has 1 N–H and O–H groups in total. The summed E-state index contributed by atoms with van der Waals surface area (Å²) in [5, 5.41) is 5.82. The van der Waals surface area contributed by atoms with E-state index in [2.05, 4.69) is 48.0 Å². The fourth-order valence-corrected chi connectivity index (χ4v) is 3.16. The molecule has 1 unspecified atom stereocenters. The van der Waals surface area contributed by atoms with Gasteiger partial charge in [-0.3, -0.25) is 0 Å². The Labute approximate surface area is 132 Å². The summed E-state index contributed by atoms with van der Waals surface area (Å²) in [5.41, 5.74) is 1.32. The molecule has 0 aliphatic rings. The second kappa shape index (κ2) is 8.85. The van der Waals surface area contributed by atoms with Gasteiger partial charge in [-0.2, -0.15) is 0 Å². The third-order valence-corrected chi connectivity index (χ3v) is 4.41. The normalized spacial score (nSPS) is 12.3. The largest absolute Gasteiger partial charge is 0.494 e. The number of benzene rings is 1. The van der Waals surface area contributed by atoms with E-state index >= 15 is 0 Å². The average Bonchev–Trinajstić information content (AvgIpc) is 3.01. The van der Waals surface area contributed by atoms with Gasteiger partial charge in [-0.1, -0.05) is 25.1 Å². The van der Waals surface area contributed by atoms with Crippen molar-refractivity contribution in [2.75, 3.05) is 13.2 Å². The minimum Gasteiger partial charge on any atom is -0.494 e. The van der Waals surface area contributed by atoms with Crippen molar-refractivity contribution >= 4 is 11.3 Å². The maximum Gasteiger partial charge on any atom is 0.119 e. The van der Waals surface area contributed by atoms with E-state index in [4.69, 9.17) is 4.74 Å². The third kappa shape index (κ3) is 5.18. The van der Waals surface area contributed by atoms with Crippen molar-refractivity contribution in [3.8, 4) is 5.75 Å². The maximum atomic E-state index is 5.63. The first-order valence-corrected chi connectivity index (χ1v) is 8.70. The van der Waals surface area contributed by atoms with Gasteiger partial charge in [0.05, 0.1) is 6.61 Å². The number of ether oxygens (including phenoxy) is 1. The number of aryl methyl sites for hydroxylation is 1. The molecule has 114 valence electrons. The Hall–Kier alpha value is -1.32. The van der Waals surface area contributed by atoms with Gasteiger partial charge >= 0.3 is 0 Å². The van der Waals surface area contributed by atoms with Crippen LogP contribution < -0.4 is 10.1 Å². The number of nitrogens with one attached hydrogen (secondary N) is 1. The third-order valence-electron chi connectivity index (χ3n) is 3.47. The zero-order valence-corrected chi connectivity index (χ0v) is 13.8. The lowest BCUT2D eigenvalue weighted by atomic mass is 10.0. The summed E-state index contributed by atoms with van der Waals surface area (Å²) >= 11 is 1.84. The second-order valence-corrected chi connectivity index (χ2v) is 6.16. The first-order chi connectivity index (χ1) is 10.3. The Balaban J connectivity index is 2.04. The van der Waals surface area contributed by atoms with Crippen molar-refractivity contribution in [3.63, 3.8) is 0 Å². The van der Waals surface area contributed by atoms with Crippen LogP contribution in [0.2, 0.25) is 0 Å². The van der Waals surface area contributed by atoms with E-state index in [1.54, 1.807) is 0 Å². The maximum absolute atomic E-state index is 5.63. The van der Waals surface area contributed by atoms with Crippen LogP contribution in [-0.2, 0) is 6.42 Å². The van der Waals surface area contributed by atoms with E-state index in [1.807, 2.05) is 24.3 Å². The molecule has 1 aromatic carbocycles. The number of thiophene rings is 1. The topological polar surface area (TPSA) is 21.3 Å². The summed E-state index contributed by atoms with van der Waals surface area (Å²) < 4.78 is 5.63. The molecule has 2 nitrogen and oxygen atoms in total. The highest BCUT2D eigenvalue weighted by Gasteiger charge is 2.12. The van der Waals surface area contributed by atoms with Crippen LogP contribution in [0.1, 0.15) is 43.2 Å². The van der Waals surface area contributed by atoms with Gasteiger partial charge in [0, 0.05) is 10.9 Å². The van der Waals surface area contributed by atoms with Crippen molar-refractivity contribution in [2.45, 2.75) is 39.2 Å². The SMILES string of the molecule is CCCNC(CCc1cccs1)c1cccc(OCC)c1. The fourth-order valence-electron chi connectivity index (χ4n) is 2.43. The predicted molar refractivity (Wildman–Crippen MR) is 91.3 cm³/mol. The van der Waals surface area contributed by atoms with Crippen LogP contribution in [0.25, 0.3) is 0 Å². The van der Waals surface area contributed by atoms with Crippen LogP contribution in [0.4, 0.5) is 0 Å². The zero-order valence-electron chi connectivity index (χ0n) is 13.0. The minimum atomic E-state index is 0.396. The smallest absolute Gasteiger partial charge is 0.119 e. The van der Waals surface area contributed by atoms with Gasteiger partial charge in [0.15, 0.2) is 0 Å². The van der Waals surface area contributed by atoms with Crippen LogP contribution in [-0.4, -0.2) is 13.2 Å². The average molecular weight is 303 g/mol. The Bertz CT molecular complexity index is 510. The van der Waals surface area contributed by atoms with E-state index in [0.29, 0.717) is 12.6 Å². The van der Waals surface area contributed by atoms with Gasteiger partial charge in [0.1, 0.15) is 5.75 Å². The van der Waals surface area contributed by atoms with Crippen LogP contribution in [0.15, 0.2) is 41.8 Å². The first kappa shape index (κ1) is 16.1. The van der Waals surface area contributed by atoms with Crippen molar-refractivity contribution in [1.82, 2.24) is 5.32 Å². The number of hydrogen-bond acceptors (Lipinski definition) is 3. The van der Waals surface area contributed by atoms with E-state index in [-0.39, 0.29) is 0 Å². The fraction of sp³-hybridized carbons (Fsp3) is 0.444. The number of rotatable bonds is 9. The zero-order chi connectivity index (χ0) is 14.9. The van der Waals surface area contributed by atoms with Gasteiger partial charge in [-0.15, -0.1) is 11.3 Å². The molecule has 0 spiro atoms. The van der Waals surface area contributed by atoms with Crippen molar-refractivity contribution in [1.29, 1.82) is 0 Å². The molecule has 2 aromatic rings. The summed E-state index contributed by atoms with van der Waals surface area (Å²) in [6, 6.07) is 13.2. The molecule has 1 atom stereocenters. The second-order valence-electron chi connectivity index (χ2n) is 5.13. The molecule has 0 aliphatic heterocycles. The molecule has 0 saturated heterocycles. The molecule has 0 bridgehead atoms. The van der Waals surface area contributed by atoms with Gasteiger partial charge in [0.2, 0.25) is 0 Å². The van der Waals surface area contributed by atoms with E-state index < -0.39 is 0 Å². The highest BCUT2D eigenvalue weighted by Crippen LogP contribution is 2.24. The molecule has 2 rings (SSSR count). The molecule has 0 fully saturated rings. The summed E-state index contributed by atoms with van der Waals surface area (Å²) in [5.74, 6) is 0.967. The quantitative estimate of drug-likeness (QED) is 0.717. The molecule has 0 aliphatic carbocycles. The standard InChI is InChI=1S/C18H25NOS/c1-3-12-19-18(11-10-17-9-6-13-21-17)15-7-5-8-16(14-15)20-4-2/h5-9,13-14,18-19H,3-4,10-12H2,1-2H3. The van der Waals surface area contributed by atoms with Crippen LogP contribution in [0, 0.1) is 0 Å². The van der Waals surface area contributed by atoms with Crippen molar-refractivity contribution in [3.05, 3.63) is 52.2 Å². The molecular formula is C18H25NOS. The lowest BCUT2D eigenvalue weighted by Gasteiger charge is -2.19. The van der Waals surface area contributed by atoms with E-state index in [9.17, 15) is 0 Å². The van der Waals surface area contributed by atoms with E-state index in [1.165, 1.54) is 10.4 Å². The molecule has 1 heterocycles. The van der Waals surface area contributed by atoms with E-state index in [0.717, 1.165) is 31.6 Å². The summed E-state index contributed by atoms with van der Waals surface area (Å²) in [6.07, 6.45) is 3.40. The molecule has 1 aromatic heterocycles. The van der Waals surface area contributed by atoms with Crippen molar-refractivity contribution in [2.24, 2.45) is 0 Å². The molecule has 0 saturated carbocycles. The minimum absolute atomic E-state index is 0.396. The monoisotopic (exact) mass is 303 g/mol. The lowest BCUT2D eigenvalue weighted by Crippen LogP contribution is -2.22. The van der Waals surface area contributed by atoms with Gasteiger partial charge in [-0.05, 0) is 61.9 Å². The molecule has 0 radical (unpaired) electrons. The van der Waals surface area contributed by atoms with Gasteiger partial charge in [0.25, 0.3) is 0 Å². The summed E-state index contributed by atoms with van der Waals surface area (Å²) in [7, 11) is 0. The predicted octanol–water partition coefficient (Wildman–Crippen LogP) is 4.82. The molecule has 3 heteroatoms. The Morgan fingerprint density at radius 3 is 2.81 bits per heavy atom. The van der Waals surface area contributed by atoms with Crippen LogP contribution in [0.5, 0.6) is 5.75 Å². The van der Waals surface area contributed by atoms with Crippen molar-refractivity contribution < 1.29 is 4.74 Å². The lowest BCUT2D eigenvalue weighted by molar-refractivity contribution is 0.339. The van der Waals surface area contributed by atoms with Gasteiger partial charge in [-0.25, -0.2) is 0 Å². The Morgan fingerprint density at radius 1 is 1.19 bits per heavy atom. The summed E-state index contributed by atoms with van der Waals surface area (Å²) in [6.45, 7) is 6.00. The van der Waals surface area contributed by atoms with Crippen LogP contribution in [0.3, 0.4) is 0 Å². The number of hydrogen-bond donors (Lipinski definition) is 1. The summed E-state index contributed by atoms with van der Waals surface area (Å²) in [4.78, 5) is 1.46. The molecular weight excluding hydrogens is 278 g/mol. The highest BCUT2D eigenvalue weighted by molar-refractivity contribution is 7.09. The molecule has 0 amide bonds. The molecule has 21 heavy (non-hydrogen) atoms. The van der Waals surface area contributed by atoms with Gasteiger partial charge < -0.3 is 10.1 Å². The highest BCUT2D eigenvalue weighted by atomic mass is 32.1. The Kier molecular flexibility index (Phi) is 6.77. The first-order valence-electron chi connectivity index (χ1n) is 7.82. The van der Waals surface area contributed by atoms with Crippen LogP contribution >= 0.6 is 11.3 Å². The Morgan fingerprint density at radius 2 is 2.10 bits per heavy atom.